The molecule has 5 nitrogen and oxygen atoms in total. The fraction of sp³-hybridized carbons (Fsp3) is 0.412. The third kappa shape index (κ3) is 7.25. The number of hydrogen-bond acceptors (Lipinski definition) is 4. The van der Waals surface area contributed by atoms with Gasteiger partial charge < -0.3 is 15.4 Å². The van der Waals surface area contributed by atoms with Gasteiger partial charge in [0.1, 0.15) is 10.8 Å². The maximum atomic E-state index is 13.6. The number of aromatic nitrogens is 1. The van der Waals surface area contributed by atoms with Crippen molar-refractivity contribution in [1.82, 2.24) is 15.6 Å². The number of halogens is 2. The lowest BCUT2D eigenvalue weighted by Gasteiger charge is -2.10. The van der Waals surface area contributed by atoms with Crippen molar-refractivity contribution in [2.45, 2.75) is 33.5 Å². The highest BCUT2D eigenvalue weighted by Crippen LogP contribution is 2.13. The van der Waals surface area contributed by atoms with Crippen molar-refractivity contribution in [1.29, 1.82) is 0 Å². The van der Waals surface area contributed by atoms with E-state index in [1.165, 1.54) is 10.9 Å². The molecule has 0 aliphatic carbocycles. The summed E-state index contributed by atoms with van der Waals surface area (Å²) < 4.78 is 18.7. The van der Waals surface area contributed by atoms with Gasteiger partial charge in [-0.2, -0.15) is 0 Å². The molecule has 138 valence electrons. The molecule has 1 aromatic heterocycles. The largest absolute Gasteiger partial charge is 0.380 e. The van der Waals surface area contributed by atoms with Gasteiger partial charge in [-0.05, 0) is 31.5 Å². The quantitative estimate of drug-likeness (QED) is 0.363. The van der Waals surface area contributed by atoms with Crippen LogP contribution < -0.4 is 10.6 Å². The molecule has 0 aliphatic rings. The van der Waals surface area contributed by atoms with Crippen LogP contribution in [0, 0.1) is 12.7 Å². The summed E-state index contributed by atoms with van der Waals surface area (Å²) in [5, 5.41) is 7.47. The Bertz CT molecular complexity index is 693. The van der Waals surface area contributed by atoms with Crippen molar-refractivity contribution in [3.05, 3.63) is 51.2 Å². The summed E-state index contributed by atoms with van der Waals surface area (Å²) in [7, 11) is 1.55. The van der Waals surface area contributed by atoms with Crippen LogP contribution >= 0.6 is 35.3 Å². The van der Waals surface area contributed by atoms with Crippen LogP contribution in [0.25, 0.3) is 0 Å². The monoisotopic (exact) mass is 478 g/mol. The number of guanidine groups is 1. The molecule has 0 saturated heterocycles. The zero-order valence-corrected chi connectivity index (χ0v) is 17.8. The van der Waals surface area contributed by atoms with Gasteiger partial charge in [0.05, 0.1) is 19.7 Å². The van der Waals surface area contributed by atoms with Gasteiger partial charge in [0.25, 0.3) is 0 Å². The average Bonchev–Trinajstić information content (AvgIpc) is 2.98. The average molecular weight is 478 g/mol. The standard InChI is InChI=1S/C17H23FN4OS.HI/c1-4-19-17(22-10-16-20-8-12(2)24-16)21-9-13-5-6-15(18)14(7-13)11-23-3;/h5-8H,4,9-11H2,1-3H3,(H2,19,21,22);1H. The fourth-order valence-corrected chi connectivity index (χ4v) is 2.87. The number of aryl methyl sites for hydroxylation is 1. The molecule has 0 saturated carbocycles. The number of hydrogen-bond donors (Lipinski definition) is 2. The topological polar surface area (TPSA) is 58.5 Å². The second-order valence-electron chi connectivity index (χ2n) is 5.27. The second kappa shape index (κ2) is 11.4. The first-order valence-corrected chi connectivity index (χ1v) is 8.63. The molecular formula is C17H24FIN4OS. The highest BCUT2D eigenvalue weighted by atomic mass is 127. The van der Waals surface area contributed by atoms with Gasteiger partial charge in [-0.15, -0.1) is 35.3 Å². The third-order valence-electron chi connectivity index (χ3n) is 3.25. The van der Waals surface area contributed by atoms with E-state index in [0.717, 1.165) is 17.1 Å². The van der Waals surface area contributed by atoms with Gasteiger partial charge in [0.2, 0.25) is 0 Å². The van der Waals surface area contributed by atoms with E-state index in [1.54, 1.807) is 30.6 Å². The Morgan fingerprint density at radius 2 is 2.16 bits per heavy atom. The van der Waals surface area contributed by atoms with Crippen LogP contribution in [0.3, 0.4) is 0 Å². The first-order valence-electron chi connectivity index (χ1n) is 7.82. The summed E-state index contributed by atoms with van der Waals surface area (Å²) in [4.78, 5) is 10.1. The molecule has 0 aliphatic heterocycles. The number of benzene rings is 1. The zero-order valence-electron chi connectivity index (χ0n) is 14.6. The maximum Gasteiger partial charge on any atom is 0.191 e. The Morgan fingerprint density at radius 3 is 2.80 bits per heavy atom. The van der Waals surface area contributed by atoms with Crippen molar-refractivity contribution in [3.63, 3.8) is 0 Å². The molecule has 0 radical (unpaired) electrons. The predicted octanol–water partition coefficient (Wildman–Crippen LogP) is 3.61. The molecule has 1 heterocycles. The van der Waals surface area contributed by atoms with E-state index < -0.39 is 0 Å². The van der Waals surface area contributed by atoms with Crippen molar-refractivity contribution >= 4 is 41.3 Å². The van der Waals surface area contributed by atoms with Gasteiger partial charge in [-0.1, -0.05) is 6.07 Å². The van der Waals surface area contributed by atoms with E-state index in [1.807, 2.05) is 20.0 Å². The molecule has 0 unspecified atom stereocenters. The number of aliphatic imine (C=N–C) groups is 1. The second-order valence-corrected chi connectivity index (χ2v) is 6.59. The number of ether oxygens (including phenoxy) is 1. The Kier molecular flexibility index (Phi) is 9.91. The van der Waals surface area contributed by atoms with Crippen LogP contribution in [0.4, 0.5) is 4.39 Å². The Hall–Kier alpha value is -1.26. The summed E-state index contributed by atoms with van der Waals surface area (Å²) in [6.07, 6.45) is 1.86. The van der Waals surface area contributed by atoms with Gasteiger partial charge in [0.15, 0.2) is 5.96 Å². The zero-order chi connectivity index (χ0) is 17.4. The molecule has 2 aromatic rings. The summed E-state index contributed by atoms with van der Waals surface area (Å²) in [6, 6.07) is 4.99. The van der Waals surface area contributed by atoms with Crippen LogP contribution in [0.1, 0.15) is 27.9 Å². The number of nitrogens with one attached hydrogen (secondary N) is 2. The molecule has 25 heavy (non-hydrogen) atoms. The molecule has 0 amide bonds. The first-order chi connectivity index (χ1) is 11.6. The summed E-state index contributed by atoms with van der Waals surface area (Å²) in [6.45, 7) is 6.16. The van der Waals surface area contributed by atoms with E-state index in [-0.39, 0.29) is 36.4 Å². The van der Waals surface area contributed by atoms with E-state index in [4.69, 9.17) is 4.74 Å². The number of rotatable bonds is 7. The molecule has 2 rings (SSSR count). The molecule has 8 heteroatoms. The highest BCUT2D eigenvalue weighted by molar-refractivity contribution is 14.0. The number of thiazole rings is 1. The maximum absolute atomic E-state index is 13.6. The van der Waals surface area contributed by atoms with Gasteiger partial charge in [0, 0.05) is 30.3 Å². The van der Waals surface area contributed by atoms with E-state index in [9.17, 15) is 4.39 Å². The molecule has 0 fully saturated rings. The minimum absolute atomic E-state index is 0. The van der Waals surface area contributed by atoms with Crippen LogP contribution in [-0.4, -0.2) is 24.6 Å². The number of methoxy groups -OCH3 is 1. The smallest absolute Gasteiger partial charge is 0.191 e. The van der Waals surface area contributed by atoms with Crippen molar-refractivity contribution < 1.29 is 9.13 Å². The van der Waals surface area contributed by atoms with Crippen molar-refractivity contribution in [3.8, 4) is 0 Å². The minimum Gasteiger partial charge on any atom is -0.380 e. The lowest BCUT2D eigenvalue weighted by atomic mass is 10.1. The number of nitrogens with zero attached hydrogens (tertiary/aromatic N) is 2. The lowest BCUT2D eigenvalue weighted by Crippen LogP contribution is -2.36. The summed E-state index contributed by atoms with van der Waals surface area (Å²) >= 11 is 1.66. The Morgan fingerprint density at radius 1 is 1.36 bits per heavy atom. The summed E-state index contributed by atoms with van der Waals surface area (Å²) in [5.41, 5.74) is 1.48. The van der Waals surface area contributed by atoms with Crippen LogP contribution in [0.5, 0.6) is 0 Å². The minimum atomic E-state index is -0.256. The van der Waals surface area contributed by atoms with Crippen molar-refractivity contribution in [2.75, 3.05) is 13.7 Å². The summed E-state index contributed by atoms with van der Waals surface area (Å²) in [5.74, 6) is 0.455. The molecule has 0 bridgehead atoms. The van der Waals surface area contributed by atoms with Crippen LogP contribution in [-0.2, 0) is 24.4 Å². The first kappa shape index (κ1) is 21.8. The van der Waals surface area contributed by atoms with Crippen LogP contribution in [0.15, 0.2) is 29.4 Å². The SMILES string of the molecule is CCNC(=NCc1ccc(F)c(COC)c1)NCc1ncc(C)s1.I. The molecule has 2 N–H and O–H groups in total. The van der Waals surface area contributed by atoms with Gasteiger partial charge >= 0.3 is 0 Å². The lowest BCUT2D eigenvalue weighted by molar-refractivity contribution is 0.181. The fourth-order valence-electron chi connectivity index (χ4n) is 2.15. The Labute approximate surface area is 169 Å². The third-order valence-corrected chi connectivity index (χ3v) is 4.16. The normalized spacial score (nSPS) is 11.1. The molecule has 0 atom stereocenters. The van der Waals surface area contributed by atoms with Crippen molar-refractivity contribution in [2.24, 2.45) is 4.99 Å². The van der Waals surface area contributed by atoms with E-state index in [2.05, 4.69) is 20.6 Å². The van der Waals surface area contributed by atoms with Gasteiger partial charge in [-0.25, -0.2) is 14.4 Å². The Balaban J connectivity index is 0.00000312. The molecular weight excluding hydrogens is 454 g/mol. The highest BCUT2D eigenvalue weighted by Gasteiger charge is 2.05. The molecule has 1 aromatic carbocycles. The molecule has 0 spiro atoms. The van der Waals surface area contributed by atoms with E-state index in [0.29, 0.717) is 24.6 Å². The van der Waals surface area contributed by atoms with E-state index >= 15 is 0 Å². The predicted molar refractivity (Wildman–Crippen MR) is 111 cm³/mol. The van der Waals surface area contributed by atoms with Crippen LogP contribution in [0.2, 0.25) is 0 Å². The van der Waals surface area contributed by atoms with Gasteiger partial charge in [-0.3, -0.25) is 0 Å².